The number of hydrogen-bond acceptors (Lipinski definition) is 5. The van der Waals surface area contributed by atoms with Gasteiger partial charge in [0.05, 0.1) is 12.6 Å². The van der Waals surface area contributed by atoms with E-state index in [1.54, 1.807) is 17.2 Å². The quantitative estimate of drug-likeness (QED) is 0.742. The molecule has 108 valence electrons. The zero-order valence-electron chi connectivity index (χ0n) is 11.9. The molecule has 0 aliphatic carbocycles. The minimum atomic E-state index is -0.500. The van der Waals surface area contributed by atoms with Gasteiger partial charge in [0.25, 0.3) is 0 Å². The number of likely N-dealkylation sites (tertiary alicyclic amines) is 1. The van der Waals surface area contributed by atoms with Gasteiger partial charge in [-0.3, -0.25) is 4.99 Å². The van der Waals surface area contributed by atoms with E-state index in [0.29, 0.717) is 13.1 Å². The number of aliphatic imine (C=N–C) groups is 1. The van der Waals surface area contributed by atoms with E-state index >= 15 is 0 Å². The minimum Gasteiger partial charge on any atom is -0.444 e. The first-order valence-electron chi connectivity index (χ1n) is 6.45. The summed E-state index contributed by atoms with van der Waals surface area (Å²) in [6.45, 7) is 6.57. The topological polar surface area (TPSA) is 93.9 Å². The molecule has 1 amide bonds. The molecule has 4 N–H and O–H groups in total. The van der Waals surface area contributed by atoms with Crippen molar-refractivity contribution in [2.75, 3.05) is 13.1 Å². The van der Waals surface area contributed by atoms with Gasteiger partial charge in [-0.15, -0.1) is 0 Å². The third-order valence-corrected chi connectivity index (χ3v) is 2.69. The van der Waals surface area contributed by atoms with Crippen LogP contribution in [0.1, 0.15) is 27.2 Å². The molecule has 6 heteroatoms. The molecule has 0 unspecified atom stereocenters. The molecular weight excluding hydrogens is 244 g/mol. The van der Waals surface area contributed by atoms with Gasteiger partial charge in [-0.25, -0.2) is 4.79 Å². The van der Waals surface area contributed by atoms with Crippen molar-refractivity contribution in [1.29, 1.82) is 0 Å². The number of allylic oxidation sites excluding steroid dienone is 1. The van der Waals surface area contributed by atoms with E-state index in [1.807, 2.05) is 20.8 Å². The van der Waals surface area contributed by atoms with Gasteiger partial charge in [-0.05, 0) is 39.5 Å². The summed E-state index contributed by atoms with van der Waals surface area (Å²) < 4.78 is 5.37. The lowest BCUT2D eigenvalue weighted by Gasteiger charge is -2.27. The molecule has 0 aromatic rings. The number of carbonyl (C=O) groups is 1. The summed E-state index contributed by atoms with van der Waals surface area (Å²) in [6, 6.07) is -0.0231. The van der Waals surface area contributed by atoms with Crippen LogP contribution >= 0.6 is 0 Å². The Morgan fingerprint density at radius 2 is 2.21 bits per heavy atom. The summed E-state index contributed by atoms with van der Waals surface area (Å²) >= 11 is 0. The predicted octanol–water partition coefficient (Wildman–Crippen LogP) is 0.866. The molecule has 0 radical (unpaired) electrons. The van der Waals surface area contributed by atoms with E-state index < -0.39 is 5.60 Å². The molecule has 1 saturated heterocycles. The number of amides is 1. The highest BCUT2D eigenvalue weighted by Crippen LogP contribution is 2.20. The standard InChI is InChI=1S/C13H24N4O2/c1-13(2,3)19-12(18)17-9-10(15)7-11(17)8-16-6-4-5-14/h4-6,10-11H,7-9,14-15H2,1-3H3/b5-4-,16-6?/t10-,11+/m1/s1. The monoisotopic (exact) mass is 268 g/mol. The minimum absolute atomic E-state index is 0.00715. The van der Waals surface area contributed by atoms with Crippen molar-refractivity contribution in [2.24, 2.45) is 16.5 Å². The molecule has 0 bridgehead atoms. The van der Waals surface area contributed by atoms with Gasteiger partial charge in [-0.1, -0.05) is 0 Å². The normalized spacial score (nSPS) is 24.5. The van der Waals surface area contributed by atoms with Crippen molar-refractivity contribution in [3.8, 4) is 0 Å². The molecule has 19 heavy (non-hydrogen) atoms. The first-order valence-corrected chi connectivity index (χ1v) is 6.45. The van der Waals surface area contributed by atoms with Crippen LogP contribution in [0, 0.1) is 0 Å². The molecule has 1 rings (SSSR count). The molecule has 1 fully saturated rings. The molecule has 6 nitrogen and oxygen atoms in total. The molecule has 1 heterocycles. The lowest BCUT2D eigenvalue weighted by Crippen LogP contribution is -2.41. The summed E-state index contributed by atoms with van der Waals surface area (Å²) in [5, 5.41) is 0. The molecule has 2 atom stereocenters. The second-order valence-corrected chi connectivity index (χ2v) is 5.68. The SMILES string of the molecule is CC(C)(C)OC(=O)N1C[C@H](N)C[C@H]1CN=C/C=C\N. The maximum absolute atomic E-state index is 12.1. The maximum atomic E-state index is 12.1. The average Bonchev–Trinajstić information content (AvgIpc) is 2.64. The highest BCUT2D eigenvalue weighted by atomic mass is 16.6. The largest absolute Gasteiger partial charge is 0.444 e. The number of carbonyl (C=O) groups excluding carboxylic acids is 1. The lowest BCUT2D eigenvalue weighted by atomic mass is 10.2. The fourth-order valence-corrected chi connectivity index (χ4v) is 1.96. The van der Waals surface area contributed by atoms with Crippen LogP contribution in [0.25, 0.3) is 0 Å². The Morgan fingerprint density at radius 3 is 2.79 bits per heavy atom. The zero-order chi connectivity index (χ0) is 14.5. The molecular formula is C13H24N4O2. The third kappa shape index (κ3) is 5.30. The molecule has 0 aromatic carbocycles. The Labute approximate surface area is 114 Å². The zero-order valence-corrected chi connectivity index (χ0v) is 11.9. The summed E-state index contributed by atoms with van der Waals surface area (Å²) in [5.41, 5.74) is 10.6. The summed E-state index contributed by atoms with van der Waals surface area (Å²) in [4.78, 5) is 17.9. The first-order chi connectivity index (χ1) is 8.83. The van der Waals surface area contributed by atoms with E-state index in [4.69, 9.17) is 16.2 Å². The maximum Gasteiger partial charge on any atom is 0.410 e. The predicted molar refractivity (Wildman–Crippen MR) is 76.0 cm³/mol. The van der Waals surface area contributed by atoms with Crippen molar-refractivity contribution in [1.82, 2.24) is 4.90 Å². The van der Waals surface area contributed by atoms with Crippen molar-refractivity contribution in [3.63, 3.8) is 0 Å². The second-order valence-electron chi connectivity index (χ2n) is 5.68. The van der Waals surface area contributed by atoms with Crippen LogP contribution in [0.15, 0.2) is 17.3 Å². The third-order valence-electron chi connectivity index (χ3n) is 2.69. The molecule has 0 aromatic heterocycles. The van der Waals surface area contributed by atoms with Gasteiger partial charge in [0.2, 0.25) is 0 Å². The van der Waals surface area contributed by atoms with Crippen LogP contribution in [0.3, 0.4) is 0 Å². The second kappa shape index (κ2) is 6.56. The van der Waals surface area contributed by atoms with E-state index in [9.17, 15) is 4.79 Å². The van der Waals surface area contributed by atoms with Crippen LogP contribution in [0.4, 0.5) is 4.79 Å². The van der Waals surface area contributed by atoms with Crippen molar-refractivity contribution < 1.29 is 9.53 Å². The van der Waals surface area contributed by atoms with Crippen molar-refractivity contribution in [3.05, 3.63) is 12.3 Å². The summed E-state index contributed by atoms with van der Waals surface area (Å²) in [5.74, 6) is 0. The van der Waals surface area contributed by atoms with Crippen LogP contribution in [-0.4, -0.2) is 48.0 Å². The van der Waals surface area contributed by atoms with Crippen LogP contribution in [-0.2, 0) is 4.74 Å². The number of ether oxygens (including phenoxy) is 1. The molecule has 1 aliphatic heterocycles. The first kappa shape index (κ1) is 15.5. The van der Waals surface area contributed by atoms with Gasteiger partial charge >= 0.3 is 6.09 Å². The van der Waals surface area contributed by atoms with Gasteiger partial charge in [-0.2, -0.15) is 0 Å². The van der Waals surface area contributed by atoms with E-state index in [0.717, 1.165) is 6.42 Å². The lowest BCUT2D eigenvalue weighted by molar-refractivity contribution is 0.0231. The van der Waals surface area contributed by atoms with Crippen molar-refractivity contribution >= 4 is 12.3 Å². The van der Waals surface area contributed by atoms with Crippen molar-refractivity contribution in [2.45, 2.75) is 44.9 Å². The van der Waals surface area contributed by atoms with Gasteiger partial charge in [0.1, 0.15) is 5.60 Å². The number of nitrogens with zero attached hydrogens (tertiary/aromatic N) is 2. The molecule has 1 aliphatic rings. The smallest absolute Gasteiger partial charge is 0.410 e. The summed E-state index contributed by atoms with van der Waals surface area (Å²) in [7, 11) is 0. The Morgan fingerprint density at radius 1 is 1.53 bits per heavy atom. The number of nitrogens with two attached hydrogens (primary N) is 2. The summed E-state index contributed by atoms with van der Waals surface area (Å²) in [6.07, 6.45) is 5.09. The van der Waals surface area contributed by atoms with Gasteiger partial charge in [0, 0.05) is 18.8 Å². The van der Waals surface area contributed by atoms with Gasteiger partial charge < -0.3 is 21.1 Å². The van der Waals surface area contributed by atoms with E-state index in [1.165, 1.54) is 6.20 Å². The highest BCUT2D eigenvalue weighted by Gasteiger charge is 2.35. The fraction of sp³-hybridized carbons (Fsp3) is 0.692. The average molecular weight is 268 g/mol. The molecule has 0 spiro atoms. The van der Waals surface area contributed by atoms with E-state index in [2.05, 4.69) is 4.99 Å². The fourth-order valence-electron chi connectivity index (χ4n) is 1.96. The Hall–Kier alpha value is -1.56. The number of hydrogen-bond donors (Lipinski definition) is 2. The molecule has 0 saturated carbocycles. The van der Waals surface area contributed by atoms with Crippen LogP contribution < -0.4 is 11.5 Å². The highest BCUT2D eigenvalue weighted by molar-refractivity contribution is 5.71. The van der Waals surface area contributed by atoms with Gasteiger partial charge in [0.15, 0.2) is 0 Å². The van der Waals surface area contributed by atoms with Crippen LogP contribution in [0.2, 0.25) is 0 Å². The van der Waals surface area contributed by atoms with Crippen LogP contribution in [0.5, 0.6) is 0 Å². The Balaban J connectivity index is 2.61. The Bertz CT molecular complexity index is 360. The van der Waals surface area contributed by atoms with E-state index in [-0.39, 0.29) is 18.2 Å². The number of rotatable bonds is 3. The Kier molecular flexibility index (Phi) is 5.35.